The summed E-state index contributed by atoms with van der Waals surface area (Å²) in [5.74, 6) is 2.17. The van der Waals surface area contributed by atoms with Crippen molar-refractivity contribution >= 4 is 40.1 Å². The third kappa shape index (κ3) is 4.74. The molecule has 2 unspecified atom stereocenters. The number of nitrogens with zero attached hydrogens (tertiary/aromatic N) is 3. The van der Waals surface area contributed by atoms with Crippen molar-refractivity contribution in [1.82, 2.24) is 14.9 Å². The fraction of sp³-hybridized carbons (Fsp3) is 0.303. The number of methoxy groups -OCH3 is 1. The minimum Gasteiger partial charge on any atom is -0.489 e. The molecule has 7 nitrogen and oxygen atoms in total. The molecular formula is C33H29Cl2N3O4. The molecule has 0 saturated heterocycles. The van der Waals surface area contributed by atoms with Crippen LogP contribution in [0.1, 0.15) is 75.5 Å². The van der Waals surface area contributed by atoms with Crippen molar-refractivity contribution < 1.29 is 18.8 Å². The minimum absolute atomic E-state index is 0.312. The highest BCUT2D eigenvalue weighted by atomic mass is 35.5. The summed E-state index contributed by atoms with van der Waals surface area (Å²) >= 11 is 13.4. The van der Waals surface area contributed by atoms with Gasteiger partial charge in [0.1, 0.15) is 23.8 Å². The quantitative estimate of drug-likeness (QED) is 0.166. The summed E-state index contributed by atoms with van der Waals surface area (Å²) in [6.45, 7) is 2.34. The van der Waals surface area contributed by atoms with Crippen molar-refractivity contribution in [3.05, 3.63) is 98.4 Å². The normalized spacial score (nSPS) is 17.9. The Morgan fingerprint density at radius 1 is 1.07 bits per heavy atom. The smallest absolute Gasteiger partial charge is 0.359 e. The number of hydrogen-bond donors (Lipinski definition) is 0. The zero-order valence-corrected chi connectivity index (χ0v) is 25.0. The molecule has 2 fully saturated rings. The lowest BCUT2D eigenvalue weighted by molar-refractivity contribution is 0.0595. The zero-order chi connectivity index (χ0) is 29.1. The van der Waals surface area contributed by atoms with E-state index in [-0.39, 0.29) is 0 Å². The Hall–Kier alpha value is -3.81. The molecule has 2 aliphatic carbocycles. The number of halogens is 2. The maximum absolute atomic E-state index is 12.1. The first kappa shape index (κ1) is 27.0. The molecule has 42 heavy (non-hydrogen) atoms. The van der Waals surface area contributed by atoms with Crippen molar-refractivity contribution in [1.29, 1.82) is 0 Å². The van der Waals surface area contributed by atoms with Gasteiger partial charge in [-0.2, -0.15) is 5.10 Å². The molecule has 0 amide bonds. The SMILES string of the molecule is COC(=O)c1nn(C)c2cc(C3CC3c3ccc(OCc4c(-c5c(C)cccc5Cl)noc4C4CC4)cc3Cl)ccc12. The van der Waals surface area contributed by atoms with Crippen LogP contribution in [0.2, 0.25) is 10.0 Å². The Kier molecular flexibility index (Phi) is 6.75. The van der Waals surface area contributed by atoms with E-state index in [2.05, 4.69) is 28.5 Å². The summed E-state index contributed by atoms with van der Waals surface area (Å²) < 4.78 is 18.7. The van der Waals surface area contributed by atoms with Crippen molar-refractivity contribution in [2.75, 3.05) is 7.11 Å². The maximum atomic E-state index is 12.1. The molecule has 7 rings (SSSR count). The number of carbonyl (C=O) groups excluding carboxylic acids is 1. The van der Waals surface area contributed by atoms with Gasteiger partial charge in [-0.25, -0.2) is 4.79 Å². The molecule has 0 radical (unpaired) electrons. The molecule has 0 aliphatic heterocycles. The van der Waals surface area contributed by atoms with Crippen LogP contribution in [0.3, 0.4) is 0 Å². The fourth-order valence-corrected chi connectivity index (χ4v) is 6.59. The lowest BCUT2D eigenvalue weighted by Gasteiger charge is -2.12. The molecule has 5 aromatic rings. The number of ether oxygens (including phenoxy) is 2. The third-order valence-corrected chi connectivity index (χ3v) is 9.10. The van der Waals surface area contributed by atoms with E-state index in [1.807, 2.05) is 50.4 Å². The van der Waals surface area contributed by atoms with Crippen molar-refractivity contribution in [3.63, 3.8) is 0 Å². The third-order valence-electron chi connectivity index (χ3n) is 8.45. The molecule has 2 aliphatic rings. The van der Waals surface area contributed by atoms with Gasteiger partial charge in [0.25, 0.3) is 0 Å². The second-order valence-electron chi connectivity index (χ2n) is 11.2. The van der Waals surface area contributed by atoms with Gasteiger partial charge in [-0.05, 0) is 79.0 Å². The largest absolute Gasteiger partial charge is 0.489 e. The molecular weight excluding hydrogens is 573 g/mol. The first-order chi connectivity index (χ1) is 20.3. The van der Waals surface area contributed by atoms with Crippen LogP contribution in [-0.4, -0.2) is 28.0 Å². The summed E-state index contributed by atoms with van der Waals surface area (Å²) in [6.07, 6.45) is 3.18. The molecule has 0 N–H and O–H groups in total. The van der Waals surface area contributed by atoms with Crippen LogP contribution in [0, 0.1) is 6.92 Å². The molecule has 214 valence electrons. The van der Waals surface area contributed by atoms with Gasteiger partial charge in [-0.15, -0.1) is 0 Å². The molecule has 3 aromatic carbocycles. The van der Waals surface area contributed by atoms with Gasteiger partial charge in [-0.1, -0.05) is 58.7 Å². The van der Waals surface area contributed by atoms with Crippen LogP contribution in [0.25, 0.3) is 22.2 Å². The maximum Gasteiger partial charge on any atom is 0.359 e. The van der Waals surface area contributed by atoms with Crippen LogP contribution < -0.4 is 4.74 Å². The molecule has 2 atom stereocenters. The number of carbonyl (C=O) groups is 1. The monoisotopic (exact) mass is 601 g/mol. The number of benzene rings is 3. The summed E-state index contributed by atoms with van der Waals surface area (Å²) in [4.78, 5) is 12.1. The van der Waals surface area contributed by atoms with Gasteiger partial charge in [0.2, 0.25) is 0 Å². The Morgan fingerprint density at radius 2 is 1.90 bits per heavy atom. The van der Waals surface area contributed by atoms with Crippen molar-refractivity contribution in [2.45, 2.75) is 50.5 Å². The van der Waals surface area contributed by atoms with Gasteiger partial charge in [0.15, 0.2) is 5.69 Å². The van der Waals surface area contributed by atoms with Crippen LogP contribution in [0.15, 0.2) is 59.1 Å². The predicted molar refractivity (Wildman–Crippen MR) is 162 cm³/mol. The van der Waals surface area contributed by atoms with Crippen LogP contribution in [-0.2, 0) is 18.4 Å². The first-order valence-corrected chi connectivity index (χ1v) is 14.8. The van der Waals surface area contributed by atoms with E-state index < -0.39 is 5.97 Å². The highest BCUT2D eigenvalue weighted by molar-refractivity contribution is 6.33. The number of hydrogen-bond acceptors (Lipinski definition) is 6. The van der Waals surface area contributed by atoms with Gasteiger partial charge in [0, 0.05) is 28.9 Å². The number of aromatic nitrogens is 3. The van der Waals surface area contributed by atoms with Gasteiger partial charge in [-0.3, -0.25) is 4.68 Å². The Bertz CT molecular complexity index is 1840. The summed E-state index contributed by atoms with van der Waals surface area (Å²) in [5, 5.41) is 10.9. The predicted octanol–water partition coefficient (Wildman–Crippen LogP) is 8.36. The van der Waals surface area contributed by atoms with E-state index in [1.54, 1.807) is 4.68 Å². The lowest BCUT2D eigenvalue weighted by atomic mass is 10.0. The molecule has 2 saturated carbocycles. The van der Waals surface area contributed by atoms with E-state index >= 15 is 0 Å². The van der Waals surface area contributed by atoms with E-state index in [0.29, 0.717) is 45.8 Å². The molecule has 9 heteroatoms. The van der Waals surface area contributed by atoms with Gasteiger partial charge < -0.3 is 14.0 Å². The number of rotatable bonds is 8. The van der Waals surface area contributed by atoms with Gasteiger partial charge in [0.05, 0.1) is 23.2 Å². The lowest BCUT2D eigenvalue weighted by Crippen LogP contribution is -2.03. The second-order valence-corrected chi connectivity index (χ2v) is 12.1. The highest BCUT2D eigenvalue weighted by Gasteiger charge is 2.41. The zero-order valence-electron chi connectivity index (χ0n) is 23.5. The summed E-state index contributed by atoms with van der Waals surface area (Å²) in [6, 6.07) is 17.9. The van der Waals surface area contributed by atoms with Gasteiger partial charge >= 0.3 is 5.97 Å². The average molecular weight is 603 g/mol. The van der Waals surface area contributed by atoms with Crippen molar-refractivity contribution in [3.8, 4) is 17.0 Å². The molecule has 0 spiro atoms. The second kappa shape index (κ2) is 10.5. The highest BCUT2D eigenvalue weighted by Crippen LogP contribution is 2.56. The van der Waals surface area contributed by atoms with E-state index in [1.165, 1.54) is 12.7 Å². The van der Waals surface area contributed by atoms with Crippen LogP contribution in [0.5, 0.6) is 5.75 Å². The number of esters is 1. The topological polar surface area (TPSA) is 79.4 Å². The first-order valence-electron chi connectivity index (χ1n) is 14.0. The van der Waals surface area contributed by atoms with Crippen LogP contribution >= 0.6 is 23.2 Å². The Balaban J connectivity index is 1.09. The van der Waals surface area contributed by atoms with Crippen LogP contribution in [0.4, 0.5) is 0 Å². The summed E-state index contributed by atoms with van der Waals surface area (Å²) in [5.41, 5.74) is 7.14. The molecule has 2 aromatic heterocycles. The van der Waals surface area contributed by atoms with E-state index in [0.717, 1.165) is 63.9 Å². The number of aryl methyl sites for hydroxylation is 2. The Labute approximate surface area is 253 Å². The average Bonchev–Trinajstić information content (AvgIpc) is 3.91. The Morgan fingerprint density at radius 3 is 2.64 bits per heavy atom. The molecule has 2 heterocycles. The van der Waals surface area contributed by atoms with E-state index in [4.69, 9.17) is 37.2 Å². The summed E-state index contributed by atoms with van der Waals surface area (Å²) in [7, 11) is 3.20. The standard InChI is InChI=1S/C33H29Cl2N3O4/c1-17-5-4-6-26(34)29(17)30-25(32(42-37-30)18-7-8-18)16-41-20-10-12-21(27(35)14-20)24-15-23(24)19-9-11-22-28(13-19)38(2)36-31(22)33(39)40-3/h4-6,9-14,18,23-24H,7-8,15-16H2,1-3H3. The fourth-order valence-electron chi connectivity index (χ4n) is 5.97. The molecule has 0 bridgehead atoms. The van der Waals surface area contributed by atoms with E-state index in [9.17, 15) is 4.79 Å². The number of fused-ring (bicyclic) bond motifs is 1. The minimum atomic E-state index is -0.435. The van der Waals surface area contributed by atoms with Crippen molar-refractivity contribution in [2.24, 2.45) is 7.05 Å².